The van der Waals surface area contributed by atoms with Crippen molar-refractivity contribution >= 4 is 24.0 Å². The number of benzene rings is 1. The van der Waals surface area contributed by atoms with E-state index in [1.165, 1.54) is 0 Å². The molecule has 0 aliphatic rings. The molecule has 4 N–H and O–H groups in total. The Morgan fingerprint density at radius 3 is 2.33 bits per heavy atom. The smallest absolute Gasteiger partial charge is 0.228 e. The van der Waals surface area contributed by atoms with Crippen molar-refractivity contribution in [3.8, 4) is 0 Å². The lowest BCUT2D eigenvalue weighted by molar-refractivity contribution is -0.119. The van der Waals surface area contributed by atoms with Gasteiger partial charge < -0.3 is 16.2 Å². The van der Waals surface area contributed by atoms with Crippen LogP contribution in [0.15, 0.2) is 24.3 Å². The van der Waals surface area contributed by atoms with Gasteiger partial charge in [0.05, 0.1) is 5.92 Å². The highest BCUT2D eigenvalue weighted by atomic mass is 35.5. The Hall–Kier alpha value is -1.10. The molecular weight excluding hydrogens is 252 g/mol. The van der Waals surface area contributed by atoms with Crippen molar-refractivity contribution in [1.29, 1.82) is 0 Å². The van der Waals surface area contributed by atoms with Crippen molar-refractivity contribution in [2.24, 2.45) is 11.7 Å². The third-order valence-corrected chi connectivity index (χ3v) is 2.82. The number of anilines is 1. The summed E-state index contributed by atoms with van der Waals surface area (Å²) >= 11 is 0. The summed E-state index contributed by atoms with van der Waals surface area (Å²) in [7, 11) is 0. The lowest BCUT2D eigenvalue weighted by Gasteiger charge is -2.15. The highest BCUT2D eigenvalue weighted by Gasteiger charge is 2.16. The third-order valence-electron chi connectivity index (χ3n) is 2.82. The molecule has 0 spiro atoms. The number of halogens is 1. The number of carbonyl (C=O) groups is 1. The van der Waals surface area contributed by atoms with Crippen molar-refractivity contribution in [2.75, 3.05) is 11.9 Å². The Kier molecular flexibility index (Phi) is 7.59. The van der Waals surface area contributed by atoms with Crippen LogP contribution in [0.3, 0.4) is 0 Å². The topological polar surface area (TPSA) is 75.4 Å². The second kappa shape index (κ2) is 8.08. The van der Waals surface area contributed by atoms with Gasteiger partial charge in [0.2, 0.25) is 5.91 Å². The summed E-state index contributed by atoms with van der Waals surface area (Å²) < 4.78 is 0. The highest BCUT2D eigenvalue weighted by molar-refractivity contribution is 5.92. The van der Waals surface area contributed by atoms with Crippen LogP contribution in [0.25, 0.3) is 0 Å². The molecule has 0 aromatic heterocycles. The molecule has 18 heavy (non-hydrogen) atoms. The summed E-state index contributed by atoms with van der Waals surface area (Å²) in [6.45, 7) is 3.75. The molecule has 1 rings (SSSR count). The molecule has 0 radical (unpaired) electrons. The average Bonchev–Trinajstić information content (AvgIpc) is 2.30. The molecule has 0 heterocycles. The number of carbonyl (C=O) groups excluding carboxylic acids is 1. The van der Waals surface area contributed by atoms with Gasteiger partial charge in [0.25, 0.3) is 0 Å². The van der Waals surface area contributed by atoms with Crippen LogP contribution in [0.2, 0.25) is 0 Å². The van der Waals surface area contributed by atoms with Gasteiger partial charge in [-0.2, -0.15) is 0 Å². The van der Waals surface area contributed by atoms with Gasteiger partial charge in [-0.05, 0) is 31.0 Å². The predicted octanol–water partition coefficient (Wildman–Crippen LogP) is 1.56. The Morgan fingerprint density at radius 1 is 1.33 bits per heavy atom. The maximum Gasteiger partial charge on any atom is 0.228 e. The lowest BCUT2D eigenvalue weighted by atomic mass is 10.0. The zero-order valence-corrected chi connectivity index (χ0v) is 11.5. The molecule has 0 fully saturated rings. The zero-order valence-electron chi connectivity index (χ0n) is 10.7. The SMILES string of the molecule is CC(N)C(C)C(=O)Nc1ccc(CCO)cc1.Cl. The van der Waals surface area contributed by atoms with Crippen molar-refractivity contribution in [3.05, 3.63) is 29.8 Å². The molecule has 0 aliphatic carbocycles. The number of amides is 1. The monoisotopic (exact) mass is 272 g/mol. The van der Waals surface area contributed by atoms with Crippen LogP contribution in [-0.2, 0) is 11.2 Å². The first-order valence-corrected chi connectivity index (χ1v) is 5.81. The molecule has 1 aromatic rings. The summed E-state index contributed by atoms with van der Waals surface area (Å²) in [5, 5.41) is 11.6. The van der Waals surface area contributed by atoms with Crippen LogP contribution in [0.5, 0.6) is 0 Å². The quantitative estimate of drug-likeness (QED) is 0.762. The number of nitrogens with two attached hydrogens (primary N) is 1. The molecule has 2 atom stereocenters. The molecule has 2 unspecified atom stereocenters. The summed E-state index contributed by atoms with van der Waals surface area (Å²) in [6.07, 6.45) is 0.629. The fourth-order valence-corrected chi connectivity index (χ4v) is 1.38. The molecular formula is C13H21ClN2O2. The highest BCUT2D eigenvalue weighted by Crippen LogP contribution is 2.12. The van der Waals surface area contributed by atoms with Gasteiger partial charge in [-0.25, -0.2) is 0 Å². The van der Waals surface area contributed by atoms with Crippen molar-refractivity contribution in [3.63, 3.8) is 0 Å². The predicted molar refractivity (Wildman–Crippen MR) is 75.9 cm³/mol. The summed E-state index contributed by atoms with van der Waals surface area (Å²) in [4.78, 5) is 11.7. The minimum absolute atomic E-state index is 0. The molecule has 0 saturated carbocycles. The lowest BCUT2D eigenvalue weighted by Crippen LogP contribution is -2.34. The number of rotatable bonds is 5. The first kappa shape index (κ1) is 16.9. The number of hydrogen-bond acceptors (Lipinski definition) is 3. The Balaban J connectivity index is 0.00000289. The van der Waals surface area contributed by atoms with E-state index in [4.69, 9.17) is 10.8 Å². The van der Waals surface area contributed by atoms with E-state index in [1.807, 2.05) is 31.2 Å². The number of nitrogens with one attached hydrogen (secondary N) is 1. The second-order valence-electron chi connectivity index (χ2n) is 4.31. The first-order valence-electron chi connectivity index (χ1n) is 5.81. The summed E-state index contributed by atoms with van der Waals surface area (Å²) in [6, 6.07) is 7.28. The molecule has 1 amide bonds. The van der Waals surface area contributed by atoms with Crippen molar-refractivity contribution in [1.82, 2.24) is 0 Å². The first-order chi connectivity index (χ1) is 8.04. The van der Waals surface area contributed by atoms with E-state index in [2.05, 4.69) is 5.32 Å². The fraction of sp³-hybridized carbons (Fsp3) is 0.462. The molecule has 4 nitrogen and oxygen atoms in total. The normalized spacial score (nSPS) is 13.3. The van der Waals surface area contributed by atoms with Crippen LogP contribution >= 0.6 is 12.4 Å². The Bertz CT molecular complexity index is 366. The number of aliphatic hydroxyl groups is 1. The van der Waals surface area contributed by atoms with Gasteiger partial charge in [-0.3, -0.25) is 4.79 Å². The van der Waals surface area contributed by atoms with Gasteiger partial charge in [-0.15, -0.1) is 12.4 Å². The van der Waals surface area contributed by atoms with Gasteiger partial charge in [0, 0.05) is 18.3 Å². The van der Waals surface area contributed by atoms with E-state index in [0.29, 0.717) is 6.42 Å². The van der Waals surface area contributed by atoms with E-state index in [9.17, 15) is 4.79 Å². The Labute approximate surface area is 114 Å². The average molecular weight is 273 g/mol. The van der Waals surface area contributed by atoms with E-state index >= 15 is 0 Å². The number of aliphatic hydroxyl groups excluding tert-OH is 1. The minimum Gasteiger partial charge on any atom is -0.396 e. The van der Waals surface area contributed by atoms with Gasteiger partial charge in [0.1, 0.15) is 0 Å². The maximum absolute atomic E-state index is 11.7. The zero-order chi connectivity index (χ0) is 12.8. The standard InChI is InChI=1S/C13H20N2O2.ClH/c1-9(10(2)14)13(17)15-12-5-3-11(4-6-12)7-8-16;/h3-6,9-10,16H,7-8,14H2,1-2H3,(H,15,17);1H. The van der Waals surface area contributed by atoms with Crippen LogP contribution in [0.4, 0.5) is 5.69 Å². The van der Waals surface area contributed by atoms with Gasteiger partial charge in [-0.1, -0.05) is 19.1 Å². The van der Waals surface area contributed by atoms with Crippen LogP contribution in [-0.4, -0.2) is 23.7 Å². The van der Waals surface area contributed by atoms with E-state index < -0.39 is 0 Å². The molecule has 0 aliphatic heterocycles. The largest absolute Gasteiger partial charge is 0.396 e. The third kappa shape index (κ3) is 5.04. The van der Waals surface area contributed by atoms with E-state index in [-0.39, 0.29) is 36.9 Å². The van der Waals surface area contributed by atoms with Gasteiger partial charge >= 0.3 is 0 Å². The fourth-order valence-electron chi connectivity index (χ4n) is 1.38. The van der Waals surface area contributed by atoms with Crippen molar-refractivity contribution in [2.45, 2.75) is 26.3 Å². The van der Waals surface area contributed by atoms with Crippen LogP contribution < -0.4 is 11.1 Å². The van der Waals surface area contributed by atoms with E-state index in [0.717, 1.165) is 11.3 Å². The molecule has 102 valence electrons. The summed E-state index contributed by atoms with van der Waals surface area (Å²) in [5.41, 5.74) is 7.47. The molecule has 0 bridgehead atoms. The second-order valence-corrected chi connectivity index (χ2v) is 4.31. The summed E-state index contributed by atoms with van der Waals surface area (Å²) in [5.74, 6) is -0.290. The Morgan fingerprint density at radius 2 is 1.89 bits per heavy atom. The van der Waals surface area contributed by atoms with Crippen LogP contribution in [0, 0.1) is 5.92 Å². The molecule has 5 heteroatoms. The van der Waals surface area contributed by atoms with Gasteiger partial charge in [0.15, 0.2) is 0 Å². The molecule has 0 saturated heterocycles. The molecule has 1 aromatic carbocycles. The van der Waals surface area contributed by atoms with Crippen LogP contribution in [0.1, 0.15) is 19.4 Å². The van der Waals surface area contributed by atoms with Crippen molar-refractivity contribution < 1.29 is 9.90 Å². The minimum atomic E-state index is -0.216. The maximum atomic E-state index is 11.7. The van der Waals surface area contributed by atoms with E-state index in [1.54, 1.807) is 6.92 Å². The number of hydrogen-bond donors (Lipinski definition) is 3.